The fourth-order valence-electron chi connectivity index (χ4n) is 4.53. The highest BCUT2D eigenvalue weighted by molar-refractivity contribution is 7.90. The van der Waals surface area contributed by atoms with Crippen LogP contribution in [0.2, 0.25) is 0 Å². The lowest BCUT2D eigenvalue weighted by atomic mass is 9.86. The molecule has 1 saturated heterocycles. The highest BCUT2D eigenvalue weighted by atomic mass is 32.2. The molecule has 3 N–H and O–H groups in total. The van der Waals surface area contributed by atoms with Crippen LogP contribution in [0.5, 0.6) is 0 Å². The number of hydrogen-bond acceptors (Lipinski definition) is 7. The zero-order chi connectivity index (χ0) is 28.4. The van der Waals surface area contributed by atoms with Gasteiger partial charge in [0.1, 0.15) is 22.6 Å². The molecule has 3 heterocycles. The summed E-state index contributed by atoms with van der Waals surface area (Å²) in [5, 5.41) is 12.6. The molecule has 39 heavy (non-hydrogen) atoms. The van der Waals surface area contributed by atoms with E-state index >= 15 is 4.39 Å². The van der Waals surface area contributed by atoms with Gasteiger partial charge >= 0.3 is 0 Å². The normalized spacial score (nSPS) is 20.5. The summed E-state index contributed by atoms with van der Waals surface area (Å²) in [7, 11) is -2.84. The minimum absolute atomic E-state index is 0.0182. The number of sulfonamides is 1. The minimum atomic E-state index is -4.11. The number of amides is 1. The summed E-state index contributed by atoms with van der Waals surface area (Å²) in [6, 6.07) is 9.75. The lowest BCUT2D eigenvalue weighted by Crippen LogP contribution is -2.68. The third kappa shape index (κ3) is 5.73. The average Bonchev–Trinajstić information content (AvgIpc) is 2.91. The maximum absolute atomic E-state index is 15.4. The number of rotatable bonds is 8. The third-order valence-corrected chi connectivity index (χ3v) is 9.11. The number of hydrogen-bond donors (Lipinski definition) is 3. The average molecular weight is 558 g/mol. The Hall–Kier alpha value is -3.97. The van der Waals surface area contributed by atoms with Crippen molar-refractivity contribution in [3.05, 3.63) is 89.5 Å². The van der Waals surface area contributed by atoms with Crippen molar-refractivity contribution < 1.29 is 22.0 Å². The van der Waals surface area contributed by atoms with Gasteiger partial charge < -0.3 is 10.6 Å². The van der Waals surface area contributed by atoms with Crippen LogP contribution in [0, 0.1) is 17.0 Å². The summed E-state index contributed by atoms with van der Waals surface area (Å²) in [4.78, 5) is 22.4. The number of nitrogens with one attached hydrogen (secondary N) is 3. The molecule has 206 valence electrons. The summed E-state index contributed by atoms with van der Waals surface area (Å²) < 4.78 is 56.8. The molecule has 1 aliphatic heterocycles. The molecule has 1 aromatic carbocycles. The topological polar surface area (TPSA) is 131 Å². The van der Waals surface area contributed by atoms with Crippen molar-refractivity contribution in [1.29, 1.82) is 5.41 Å². The highest BCUT2D eigenvalue weighted by Gasteiger charge is 2.53. The summed E-state index contributed by atoms with van der Waals surface area (Å²) in [5.41, 5.74) is -0.620. The first-order valence-electron chi connectivity index (χ1n) is 12.1. The summed E-state index contributed by atoms with van der Waals surface area (Å²) in [6.07, 6.45) is 4.24. The van der Waals surface area contributed by atoms with Gasteiger partial charge in [0.05, 0.1) is 11.7 Å². The van der Waals surface area contributed by atoms with Crippen LogP contribution >= 0.6 is 0 Å². The van der Waals surface area contributed by atoms with Crippen LogP contribution in [0.3, 0.4) is 0 Å². The Bertz CT molecular complexity index is 1470. The van der Waals surface area contributed by atoms with Crippen molar-refractivity contribution in [3.63, 3.8) is 0 Å². The second kappa shape index (κ2) is 11.0. The van der Waals surface area contributed by atoms with Crippen molar-refractivity contribution in [2.24, 2.45) is 0 Å². The quantitative estimate of drug-likeness (QED) is 0.388. The number of pyridine rings is 2. The van der Waals surface area contributed by atoms with Crippen molar-refractivity contribution in [1.82, 2.24) is 24.5 Å². The SMILES string of the molecule is CCN(Cc1cccnc1)C[C@H]1[C@@](C)(c2cc(NC(=O)c3ccc(F)cn3)ccc2F)NC(=N)N(C)S1(=O)=O. The molecule has 3 aromatic rings. The molecule has 4 rings (SSSR count). The molecule has 2 atom stereocenters. The van der Waals surface area contributed by atoms with E-state index in [2.05, 4.69) is 20.6 Å². The van der Waals surface area contributed by atoms with Gasteiger partial charge in [0.2, 0.25) is 16.0 Å². The summed E-state index contributed by atoms with van der Waals surface area (Å²) >= 11 is 0. The van der Waals surface area contributed by atoms with E-state index in [4.69, 9.17) is 5.41 Å². The van der Waals surface area contributed by atoms with Gasteiger partial charge in [-0.25, -0.2) is 26.5 Å². The van der Waals surface area contributed by atoms with Gasteiger partial charge in [0.15, 0.2) is 0 Å². The van der Waals surface area contributed by atoms with Gasteiger partial charge in [-0.3, -0.25) is 20.1 Å². The Morgan fingerprint density at radius 3 is 2.64 bits per heavy atom. The Labute approximate surface area is 225 Å². The van der Waals surface area contributed by atoms with Crippen LogP contribution in [-0.2, 0) is 22.1 Å². The van der Waals surface area contributed by atoms with Gasteiger partial charge in [-0.15, -0.1) is 0 Å². The fourth-order valence-corrected chi connectivity index (χ4v) is 6.40. The number of nitrogens with zero attached hydrogens (tertiary/aromatic N) is 4. The first-order valence-corrected chi connectivity index (χ1v) is 13.6. The van der Waals surface area contributed by atoms with Crippen LogP contribution in [0.25, 0.3) is 0 Å². The van der Waals surface area contributed by atoms with Crippen molar-refractivity contribution in [2.75, 3.05) is 25.5 Å². The molecule has 0 aliphatic carbocycles. The molecule has 0 bridgehead atoms. The molecule has 0 unspecified atom stereocenters. The van der Waals surface area contributed by atoms with Crippen molar-refractivity contribution in [2.45, 2.75) is 31.2 Å². The largest absolute Gasteiger partial charge is 0.345 e. The summed E-state index contributed by atoms with van der Waals surface area (Å²) in [6.45, 7) is 4.35. The van der Waals surface area contributed by atoms with E-state index < -0.39 is 44.3 Å². The fraction of sp³-hybridized carbons (Fsp3) is 0.308. The first kappa shape index (κ1) is 28.0. The van der Waals surface area contributed by atoms with Crippen LogP contribution in [0.15, 0.2) is 61.1 Å². The molecule has 10 nitrogen and oxygen atoms in total. The zero-order valence-corrected chi connectivity index (χ0v) is 22.5. The Balaban J connectivity index is 1.71. The number of anilines is 1. The van der Waals surface area contributed by atoms with Crippen LogP contribution in [-0.4, -0.2) is 64.8 Å². The molecule has 2 aromatic heterocycles. The standard InChI is InChI=1S/C26H29F2N7O3S/c1-4-35(15-17-6-5-11-30-13-17)16-23-26(2,33-25(29)34(3)39(23,37)38)20-12-19(8-9-21(20)28)32-24(36)22-10-7-18(27)14-31-22/h5-14,23H,4,15-16H2,1-3H3,(H2,29,33)(H,32,36)/t23-,26+/m0/s1. The molecule has 0 radical (unpaired) electrons. The molecule has 1 amide bonds. The molecule has 0 saturated carbocycles. The van der Waals surface area contributed by atoms with E-state index in [1.165, 1.54) is 32.2 Å². The summed E-state index contributed by atoms with van der Waals surface area (Å²) in [5.74, 6) is -2.37. The van der Waals surface area contributed by atoms with Crippen LogP contribution < -0.4 is 10.6 Å². The second-order valence-electron chi connectivity index (χ2n) is 9.38. The Morgan fingerprint density at radius 1 is 1.23 bits per heavy atom. The van der Waals surface area contributed by atoms with Crippen LogP contribution in [0.4, 0.5) is 14.5 Å². The number of carbonyl (C=O) groups is 1. The van der Waals surface area contributed by atoms with E-state index in [1.54, 1.807) is 18.5 Å². The molecule has 0 spiro atoms. The van der Waals surface area contributed by atoms with Gasteiger partial charge in [0.25, 0.3) is 5.91 Å². The molecule has 13 heteroatoms. The Morgan fingerprint density at radius 2 is 2.00 bits per heavy atom. The molecular weight excluding hydrogens is 528 g/mol. The second-order valence-corrected chi connectivity index (χ2v) is 11.5. The van der Waals surface area contributed by atoms with Crippen molar-refractivity contribution >= 4 is 27.6 Å². The van der Waals surface area contributed by atoms with Crippen LogP contribution in [0.1, 0.15) is 35.5 Å². The van der Waals surface area contributed by atoms with E-state index in [0.29, 0.717) is 13.1 Å². The number of aromatic nitrogens is 2. The van der Waals surface area contributed by atoms with E-state index in [-0.39, 0.29) is 23.5 Å². The highest BCUT2D eigenvalue weighted by Crippen LogP contribution is 2.37. The minimum Gasteiger partial charge on any atom is -0.345 e. The number of guanidine groups is 1. The lowest BCUT2D eigenvalue weighted by molar-refractivity contribution is 0.102. The monoisotopic (exact) mass is 557 g/mol. The van der Waals surface area contributed by atoms with E-state index in [0.717, 1.165) is 28.2 Å². The molecular formula is C26H29F2N7O3S. The predicted molar refractivity (Wildman–Crippen MR) is 142 cm³/mol. The maximum atomic E-state index is 15.4. The molecule has 1 fully saturated rings. The van der Waals surface area contributed by atoms with E-state index in [1.807, 2.05) is 17.9 Å². The van der Waals surface area contributed by atoms with Gasteiger partial charge in [-0.2, -0.15) is 0 Å². The first-order chi connectivity index (χ1) is 18.5. The zero-order valence-electron chi connectivity index (χ0n) is 21.6. The predicted octanol–water partition coefficient (Wildman–Crippen LogP) is 2.91. The Kier molecular flexibility index (Phi) is 7.93. The number of benzene rings is 1. The maximum Gasteiger partial charge on any atom is 0.274 e. The number of halogens is 2. The van der Waals surface area contributed by atoms with Gasteiger partial charge in [-0.1, -0.05) is 13.0 Å². The van der Waals surface area contributed by atoms with Crippen molar-refractivity contribution in [3.8, 4) is 0 Å². The smallest absolute Gasteiger partial charge is 0.274 e. The molecule has 1 aliphatic rings. The number of carbonyl (C=O) groups excluding carboxylic acids is 1. The van der Waals surface area contributed by atoms with E-state index in [9.17, 15) is 17.6 Å². The van der Waals surface area contributed by atoms with Gasteiger partial charge in [0, 0.05) is 43.8 Å². The van der Waals surface area contributed by atoms with Gasteiger partial charge in [-0.05, 0) is 55.4 Å². The third-order valence-electron chi connectivity index (χ3n) is 6.82. The lowest BCUT2D eigenvalue weighted by Gasteiger charge is -2.47.